The summed E-state index contributed by atoms with van der Waals surface area (Å²) in [5, 5.41) is 0. The lowest BCUT2D eigenvalue weighted by atomic mass is 9.35. The zero-order chi connectivity index (χ0) is 14.0. The van der Waals surface area contributed by atoms with E-state index in [9.17, 15) is 0 Å². The lowest BCUT2D eigenvalue weighted by Gasteiger charge is -2.25. The molecule has 21 heavy (non-hydrogen) atoms. The van der Waals surface area contributed by atoms with Gasteiger partial charge in [0.1, 0.15) is 0 Å². The van der Waals surface area contributed by atoms with Gasteiger partial charge in [0.05, 0.1) is 0 Å². The second-order valence-corrected chi connectivity index (χ2v) is 6.22. The van der Waals surface area contributed by atoms with Crippen LogP contribution in [0.3, 0.4) is 0 Å². The summed E-state index contributed by atoms with van der Waals surface area (Å²) >= 11 is 0. The van der Waals surface area contributed by atoms with E-state index < -0.39 is 0 Å². The Balaban J connectivity index is 1.92. The van der Waals surface area contributed by atoms with Crippen molar-refractivity contribution < 1.29 is 0 Å². The molecule has 0 saturated carbocycles. The molecule has 0 saturated heterocycles. The van der Waals surface area contributed by atoms with E-state index in [1.165, 1.54) is 38.7 Å². The monoisotopic (exact) mass is 266 g/mol. The lowest BCUT2D eigenvalue weighted by molar-refractivity contribution is 1.17. The summed E-state index contributed by atoms with van der Waals surface area (Å²) in [7, 11) is 0. The van der Waals surface area contributed by atoms with Crippen LogP contribution in [-0.4, -0.2) is 6.71 Å². The van der Waals surface area contributed by atoms with Crippen LogP contribution in [0.4, 0.5) is 0 Å². The van der Waals surface area contributed by atoms with E-state index in [0.717, 1.165) is 6.42 Å². The predicted molar refractivity (Wildman–Crippen MR) is 90.5 cm³/mol. The number of fused-ring (bicyclic) bond motifs is 5. The quantitative estimate of drug-likeness (QED) is 0.377. The van der Waals surface area contributed by atoms with Gasteiger partial charge in [0.25, 0.3) is 0 Å². The van der Waals surface area contributed by atoms with E-state index >= 15 is 0 Å². The molecule has 0 nitrogen and oxygen atoms in total. The van der Waals surface area contributed by atoms with Crippen LogP contribution in [0, 0.1) is 6.92 Å². The fourth-order valence-electron chi connectivity index (χ4n) is 4.24. The van der Waals surface area contributed by atoms with Gasteiger partial charge in [-0.25, -0.2) is 0 Å². The first-order chi connectivity index (χ1) is 10.3. The van der Waals surface area contributed by atoms with Gasteiger partial charge in [-0.3, -0.25) is 0 Å². The lowest BCUT2D eigenvalue weighted by Crippen LogP contribution is -2.54. The molecule has 0 N–H and O–H groups in total. The summed E-state index contributed by atoms with van der Waals surface area (Å²) in [6.45, 7) is 2.69. The molecule has 2 heterocycles. The van der Waals surface area contributed by atoms with Gasteiger partial charge in [0.15, 0.2) is 0 Å². The summed E-state index contributed by atoms with van der Waals surface area (Å²) in [5.74, 6) is 0. The molecule has 98 valence electrons. The van der Waals surface area contributed by atoms with Crippen molar-refractivity contribution in [2.45, 2.75) is 13.3 Å². The van der Waals surface area contributed by atoms with Crippen molar-refractivity contribution in [3.8, 4) is 11.1 Å². The van der Waals surface area contributed by atoms with E-state index in [1.807, 2.05) is 0 Å². The highest BCUT2D eigenvalue weighted by atomic mass is 14.2. The summed E-state index contributed by atoms with van der Waals surface area (Å²) in [6, 6.07) is 22.5. The maximum atomic E-state index is 2.33. The van der Waals surface area contributed by atoms with Crippen LogP contribution in [0.15, 0.2) is 60.7 Å². The van der Waals surface area contributed by atoms with Gasteiger partial charge in [-0.05, 0) is 41.2 Å². The first-order valence-corrected chi connectivity index (χ1v) is 7.64. The SMILES string of the molecule is Cc1cccc2c1Cc1cccc3c1B2c1ccccc1-3. The summed E-state index contributed by atoms with van der Waals surface area (Å²) in [4.78, 5) is 0. The van der Waals surface area contributed by atoms with Crippen molar-refractivity contribution in [2.24, 2.45) is 0 Å². The fourth-order valence-corrected chi connectivity index (χ4v) is 4.24. The van der Waals surface area contributed by atoms with Crippen LogP contribution < -0.4 is 16.4 Å². The molecule has 0 amide bonds. The minimum atomic E-state index is 0.441. The molecule has 0 aromatic heterocycles. The molecular weight excluding hydrogens is 251 g/mol. The second kappa shape index (κ2) is 3.88. The van der Waals surface area contributed by atoms with E-state index in [0.29, 0.717) is 6.71 Å². The van der Waals surface area contributed by atoms with Crippen molar-refractivity contribution >= 4 is 23.1 Å². The normalized spacial score (nSPS) is 13.7. The Kier molecular flexibility index (Phi) is 2.11. The predicted octanol–water partition coefficient (Wildman–Crippen LogP) is 2.40. The molecular formula is C20H15B. The molecule has 1 heteroatoms. The highest BCUT2D eigenvalue weighted by molar-refractivity contribution is 6.99. The molecule has 0 fully saturated rings. The van der Waals surface area contributed by atoms with Gasteiger partial charge >= 0.3 is 0 Å². The molecule has 0 aliphatic carbocycles. The highest BCUT2D eigenvalue weighted by Crippen LogP contribution is 2.28. The number of benzene rings is 3. The third-order valence-electron chi connectivity index (χ3n) is 5.17. The zero-order valence-corrected chi connectivity index (χ0v) is 12.1. The number of hydrogen-bond donors (Lipinski definition) is 0. The Morgan fingerprint density at radius 2 is 1.52 bits per heavy atom. The van der Waals surface area contributed by atoms with Crippen LogP contribution in [0.2, 0.25) is 0 Å². The molecule has 0 radical (unpaired) electrons. The van der Waals surface area contributed by atoms with Crippen LogP contribution in [0.5, 0.6) is 0 Å². The third-order valence-corrected chi connectivity index (χ3v) is 5.17. The second-order valence-electron chi connectivity index (χ2n) is 6.22. The Morgan fingerprint density at radius 3 is 2.48 bits per heavy atom. The van der Waals surface area contributed by atoms with Gasteiger partial charge in [0, 0.05) is 0 Å². The average molecular weight is 266 g/mol. The van der Waals surface area contributed by atoms with Crippen molar-refractivity contribution in [2.75, 3.05) is 0 Å². The Morgan fingerprint density at radius 1 is 0.762 bits per heavy atom. The largest absolute Gasteiger partial charge is 0.243 e. The van der Waals surface area contributed by atoms with Crippen molar-refractivity contribution in [1.29, 1.82) is 0 Å². The summed E-state index contributed by atoms with van der Waals surface area (Å²) < 4.78 is 0. The molecule has 0 unspecified atom stereocenters. The van der Waals surface area contributed by atoms with E-state index in [2.05, 4.69) is 67.6 Å². The smallest absolute Gasteiger partial charge is 0.0667 e. The highest BCUT2D eigenvalue weighted by Gasteiger charge is 2.38. The molecule has 0 spiro atoms. The van der Waals surface area contributed by atoms with Crippen LogP contribution >= 0.6 is 0 Å². The molecule has 0 bridgehead atoms. The van der Waals surface area contributed by atoms with Crippen molar-refractivity contribution in [3.05, 3.63) is 77.4 Å². The zero-order valence-electron chi connectivity index (χ0n) is 12.1. The molecule has 0 atom stereocenters. The van der Waals surface area contributed by atoms with E-state index in [1.54, 1.807) is 5.46 Å². The van der Waals surface area contributed by atoms with Crippen LogP contribution in [0.1, 0.15) is 16.7 Å². The van der Waals surface area contributed by atoms with E-state index in [-0.39, 0.29) is 0 Å². The summed E-state index contributed by atoms with van der Waals surface area (Å²) in [5.41, 5.74) is 11.9. The maximum absolute atomic E-state index is 2.33. The molecule has 3 aromatic carbocycles. The molecule has 3 aromatic rings. The van der Waals surface area contributed by atoms with Crippen molar-refractivity contribution in [3.63, 3.8) is 0 Å². The number of rotatable bonds is 0. The fraction of sp³-hybridized carbons (Fsp3) is 0.100. The Bertz CT molecular complexity index is 892. The van der Waals surface area contributed by atoms with Crippen LogP contribution in [0.25, 0.3) is 11.1 Å². The topological polar surface area (TPSA) is 0 Å². The molecule has 5 rings (SSSR count). The minimum Gasteiger partial charge on any atom is -0.0667 e. The Labute approximate surface area is 125 Å². The van der Waals surface area contributed by atoms with Crippen molar-refractivity contribution in [1.82, 2.24) is 0 Å². The average Bonchev–Trinajstić information content (AvgIpc) is 2.86. The number of aryl methyl sites for hydroxylation is 1. The minimum absolute atomic E-state index is 0.441. The Hall–Kier alpha value is -2.28. The van der Waals surface area contributed by atoms with Gasteiger partial charge < -0.3 is 0 Å². The first-order valence-electron chi connectivity index (χ1n) is 7.64. The summed E-state index contributed by atoms with van der Waals surface area (Å²) in [6.07, 6.45) is 1.08. The third kappa shape index (κ3) is 1.36. The maximum Gasteiger partial charge on any atom is 0.243 e. The molecule has 2 aliphatic rings. The first kappa shape index (κ1) is 11.4. The van der Waals surface area contributed by atoms with Gasteiger partial charge in [-0.15, -0.1) is 0 Å². The van der Waals surface area contributed by atoms with Gasteiger partial charge in [0.2, 0.25) is 6.71 Å². The van der Waals surface area contributed by atoms with Gasteiger partial charge in [-0.2, -0.15) is 0 Å². The van der Waals surface area contributed by atoms with Gasteiger partial charge in [-0.1, -0.05) is 77.1 Å². The van der Waals surface area contributed by atoms with E-state index in [4.69, 9.17) is 0 Å². The standard InChI is InChI=1S/C20H15B/c1-13-6-4-11-19-17(13)12-14-7-5-9-16-15-8-2-3-10-18(15)21(19)20(14)16/h2-11H,12H2,1H3. The van der Waals surface area contributed by atoms with Crippen LogP contribution in [-0.2, 0) is 6.42 Å². The molecule has 2 aliphatic heterocycles. The number of hydrogen-bond acceptors (Lipinski definition) is 0.